The molecule has 0 aliphatic heterocycles. The van der Waals surface area contributed by atoms with Crippen LogP contribution in [0.4, 0.5) is 5.82 Å². The Bertz CT molecular complexity index is 395. The molecular weight excluding hydrogens is 252 g/mol. The van der Waals surface area contributed by atoms with Gasteiger partial charge in [-0.1, -0.05) is 24.4 Å². The Hall–Kier alpha value is -0.840. The van der Waals surface area contributed by atoms with Gasteiger partial charge in [-0.2, -0.15) is 0 Å². The topological polar surface area (TPSA) is 56.6 Å². The van der Waals surface area contributed by atoms with E-state index in [9.17, 15) is 10.2 Å². The third-order valence-corrected chi connectivity index (χ3v) is 3.80. The van der Waals surface area contributed by atoms with Crippen molar-refractivity contribution >= 4 is 17.4 Å². The molecule has 1 fully saturated rings. The van der Waals surface area contributed by atoms with Crippen LogP contribution in [0.1, 0.15) is 31.4 Å². The van der Waals surface area contributed by atoms with Crippen molar-refractivity contribution in [3.8, 4) is 0 Å². The Morgan fingerprint density at radius 1 is 1.28 bits per heavy atom. The van der Waals surface area contributed by atoms with Gasteiger partial charge in [0, 0.05) is 12.6 Å². The molecule has 0 unspecified atom stereocenters. The molecule has 100 valence electrons. The lowest BCUT2D eigenvalue weighted by molar-refractivity contribution is 0.276. The van der Waals surface area contributed by atoms with Crippen molar-refractivity contribution in [2.75, 3.05) is 18.1 Å². The summed E-state index contributed by atoms with van der Waals surface area (Å²) < 4.78 is 0. The fraction of sp³-hybridized carbons (Fsp3) is 0.615. The van der Waals surface area contributed by atoms with Gasteiger partial charge in [-0.15, -0.1) is 0 Å². The first-order valence-corrected chi connectivity index (χ1v) is 6.78. The van der Waals surface area contributed by atoms with Crippen LogP contribution in [0, 0.1) is 0 Å². The number of hydrogen-bond acceptors (Lipinski definition) is 4. The molecule has 4 nitrogen and oxygen atoms in total. The molecule has 5 heteroatoms. The standard InChI is InChI=1S/C13H19ClN2O2/c14-11-5-6-13(15-12(11)9-18)16(7-8-17)10-3-1-2-4-10/h5-6,10,17-18H,1-4,7-9H2. The van der Waals surface area contributed by atoms with Crippen molar-refractivity contribution in [1.29, 1.82) is 0 Å². The lowest BCUT2D eigenvalue weighted by Crippen LogP contribution is -2.36. The smallest absolute Gasteiger partial charge is 0.129 e. The average molecular weight is 271 g/mol. The second kappa shape index (κ2) is 6.36. The molecular formula is C13H19ClN2O2. The van der Waals surface area contributed by atoms with Gasteiger partial charge in [0.15, 0.2) is 0 Å². The van der Waals surface area contributed by atoms with E-state index in [1.165, 1.54) is 12.8 Å². The van der Waals surface area contributed by atoms with Crippen molar-refractivity contribution < 1.29 is 10.2 Å². The molecule has 0 saturated heterocycles. The summed E-state index contributed by atoms with van der Waals surface area (Å²) >= 11 is 5.95. The number of halogens is 1. The molecule has 1 saturated carbocycles. The Kier molecular flexibility index (Phi) is 4.80. The highest BCUT2D eigenvalue weighted by Gasteiger charge is 2.23. The lowest BCUT2D eigenvalue weighted by atomic mass is 10.2. The second-order valence-corrected chi connectivity index (χ2v) is 5.02. The monoisotopic (exact) mass is 270 g/mol. The fourth-order valence-corrected chi connectivity index (χ4v) is 2.72. The zero-order chi connectivity index (χ0) is 13.0. The summed E-state index contributed by atoms with van der Waals surface area (Å²) in [5.41, 5.74) is 0.495. The van der Waals surface area contributed by atoms with E-state index >= 15 is 0 Å². The van der Waals surface area contributed by atoms with Crippen LogP contribution in [0.3, 0.4) is 0 Å². The van der Waals surface area contributed by atoms with E-state index in [1.54, 1.807) is 6.07 Å². The first-order valence-electron chi connectivity index (χ1n) is 6.40. The van der Waals surface area contributed by atoms with Gasteiger partial charge in [0.05, 0.1) is 23.9 Å². The lowest BCUT2D eigenvalue weighted by Gasteiger charge is -2.29. The SMILES string of the molecule is OCCN(c1ccc(Cl)c(CO)n1)C1CCCC1. The normalized spacial score (nSPS) is 16.2. The summed E-state index contributed by atoms with van der Waals surface area (Å²) in [6, 6.07) is 4.06. The van der Waals surface area contributed by atoms with Crippen LogP contribution in [0.25, 0.3) is 0 Å². The first kappa shape index (κ1) is 13.6. The second-order valence-electron chi connectivity index (χ2n) is 4.61. The van der Waals surface area contributed by atoms with Crippen molar-refractivity contribution in [2.24, 2.45) is 0 Å². The van der Waals surface area contributed by atoms with Gasteiger partial charge in [-0.05, 0) is 25.0 Å². The highest BCUT2D eigenvalue weighted by atomic mass is 35.5. The third kappa shape index (κ3) is 2.94. The third-order valence-electron chi connectivity index (χ3n) is 3.45. The molecule has 2 N–H and O–H groups in total. The van der Waals surface area contributed by atoms with Crippen LogP contribution < -0.4 is 4.90 Å². The maximum Gasteiger partial charge on any atom is 0.129 e. The van der Waals surface area contributed by atoms with Crippen LogP contribution in [0.15, 0.2) is 12.1 Å². The van der Waals surface area contributed by atoms with Gasteiger partial charge >= 0.3 is 0 Å². The predicted molar refractivity (Wildman–Crippen MR) is 71.9 cm³/mol. The van der Waals surface area contributed by atoms with Crippen LogP contribution in [-0.4, -0.2) is 34.4 Å². The van der Waals surface area contributed by atoms with Crippen molar-refractivity contribution in [3.05, 3.63) is 22.8 Å². The Morgan fingerprint density at radius 2 is 2.00 bits per heavy atom. The van der Waals surface area contributed by atoms with E-state index in [0.29, 0.717) is 23.3 Å². The minimum Gasteiger partial charge on any atom is -0.395 e. The average Bonchev–Trinajstić information content (AvgIpc) is 2.90. The largest absolute Gasteiger partial charge is 0.395 e. The summed E-state index contributed by atoms with van der Waals surface area (Å²) in [6.45, 7) is 0.518. The maximum absolute atomic E-state index is 9.21. The number of rotatable bonds is 5. The minimum atomic E-state index is -0.162. The van der Waals surface area contributed by atoms with E-state index in [1.807, 2.05) is 6.07 Å². The van der Waals surface area contributed by atoms with E-state index < -0.39 is 0 Å². The van der Waals surface area contributed by atoms with E-state index in [2.05, 4.69) is 9.88 Å². The molecule has 0 radical (unpaired) electrons. The number of aromatic nitrogens is 1. The molecule has 18 heavy (non-hydrogen) atoms. The summed E-state index contributed by atoms with van der Waals surface area (Å²) in [5, 5.41) is 18.9. The summed E-state index contributed by atoms with van der Waals surface area (Å²) in [4.78, 5) is 6.51. The number of aliphatic hydroxyl groups excluding tert-OH is 2. The molecule has 0 amide bonds. The highest BCUT2D eigenvalue weighted by molar-refractivity contribution is 6.31. The molecule has 0 bridgehead atoms. The van der Waals surface area contributed by atoms with Crippen LogP contribution in [-0.2, 0) is 6.61 Å². The van der Waals surface area contributed by atoms with Crippen LogP contribution >= 0.6 is 11.6 Å². The molecule has 1 aromatic heterocycles. The van der Waals surface area contributed by atoms with Crippen molar-refractivity contribution in [2.45, 2.75) is 38.3 Å². The maximum atomic E-state index is 9.21. The van der Waals surface area contributed by atoms with E-state index in [0.717, 1.165) is 18.7 Å². The van der Waals surface area contributed by atoms with Gasteiger partial charge in [0.25, 0.3) is 0 Å². The zero-order valence-electron chi connectivity index (χ0n) is 10.3. The first-order chi connectivity index (χ1) is 8.76. The quantitative estimate of drug-likeness (QED) is 0.859. The number of anilines is 1. The Balaban J connectivity index is 2.23. The minimum absolute atomic E-state index is 0.106. The fourth-order valence-electron chi connectivity index (χ4n) is 2.55. The molecule has 1 aliphatic rings. The molecule has 2 rings (SSSR count). The summed E-state index contributed by atoms with van der Waals surface area (Å²) in [7, 11) is 0. The predicted octanol–water partition coefficient (Wildman–Crippen LogP) is 1.97. The number of nitrogens with zero attached hydrogens (tertiary/aromatic N) is 2. The summed E-state index contributed by atoms with van der Waals surface area (Å²) in [5.74, 6) is 0.796. The zero-order valence-corrected chi connectivity index (χ0v) is 11.1. The van der Waals surface area contributed by atoms with Gasteiger partial charge in [-0.25, -0.2) is 4.98 Å². The highest BCUT2D eigenvalue weighted by Crippen LogP contribution is 2.28. The molecule has 0 spiro atoms. The van der Waals surface area contributed by atoms with Crippen LogP contribution in [0.2, 0.25) is 5.02 Å². The van der Waals surface area contributed by atoms with Gasteiger partial charge in [0.1, 0.15) is 5.82 Å². The Labute approximate surface area is 112 Å². The van der Waals surface area contributed by atoms with Gasteiger partial charge in [-0.3, -0.25) is 0 Å². The van der Waals surface area contributed by atoms with Gasteiger partial charge < -0.3 is 15.1 Å². The van der Waals surface area contributed by atoms with Crippen LogP contribution in [0.5, 0.6) is 0 Å². The van der Waals surface area contributed by atoms with E-state index in [-0.39, 0.29) is 13.2 Å². The molecule has 0 atom stereocenters. The van der Waals surface area contributed by atoms with Crippen molar-refractivity contribution in [1.82, 2.24) is 4.98 Å². The van der Waals surface area contributed by atoms with E-state index in [4.69, 9.17) is 11.6 Å². The summed E-state index contributed by atoms with van der Waals surface area (Å²) in [6.07, 6.45) is 4.73. The molecule has 1 heterocycles. The van der Waals surface area contributed by atoms with Gasteiger partial charge in [0.2, 0.25) is 0 Å². The molecule has 0 aromatic carbocycles. The molecule has 1 aromatic rings. The van der Waals surface area contributed by atoms with Crippen molar-refractivity contribution in [3.63, 3.8) is 0 Å². The number of aliphatic hydroxyl groups is 2. The Morgan fingerprint density at radius 3 is 2.61 bits per heavy atom. The number of pyridine rings is 1. The molecule has 1 aliphatic carbocycles. The number of hydrogen-bond donors (Lipinski definition) is 2.